The minimum Gasteiger partial charge on any atom is -0.494 e. The van der Waals surface area contributed by atoms with Crippen LogP contribution in [0.2, 0.25) is 0 Å². The third-order valence-corrected chi connectivity index (χ3v) is 6.53. The predicted molar refractivity (Wildman–Crippen MR) is 162 cm³/mol. The average molecular weight is 591 g/mol. The molecule has 1 atom stereocenters. The number of aliphatic carboxylic acids is 1. The molecule has 0 saturated heterocycles. The lowest BCUT2D eigenvalue weighted by atomic mass is 10.0. The molecular weight excluding hydrogens is 552 g/mol. The number of unbranched alkanes of at least 4 members (excludes halogenated alkanes) is 4. The number of carbonyl (C=O) groups excluding carboxylic acids is 3. The lowest BCUT2D eigenvalue weighted by Gasteiger charge is -2.16. The fourth-order valence-corrected chi connectivity index (χ4v) is 4.28. The van der Waals surface area contributed by atoms with Crippen LogP contribution in [0.15, 0.2) is 66.7 Å². The number of carboxylic acid groups (broad SMARTS) is 1. The quantitative estimate of drug-likeness (QED) is 0.111. The van der Waals surface area contributed by atoms with E-state index in [0.717, 1.165) is 12.8 Å². The maximum absolute atomic E-state index is 12.8. The number of ether oxygens (including phenoxy) is 3. The molecule has 0 aliphatic carbocycles. The Hall–Kier alpha value is -4.86. The minimum atomic E-state index is -1.26. The summed E-state index contributed by atoms with van der Waals surface area (Å²) in [5, 5.41) is 14.9. The molecule has 0 bridgehead atoms. The van der Waals surface area contributed by atoms with Gasteiger partial charge in [-0.15, -0.1) is 0 Å². The van der Waals surface area contributed by atoms with Crippen molar-refractivity contribution in [3.63, 3.8) is 0 Å². The Morgan fingerprint density at radius 1 is 0.860 bits per heavy atom. The zero-order valence-corrected chi connectivity index (χ0v) is 24.7. The number of benzene rings is 3. The molecule has 228 valence electrons. The van der Waals surface area contributed by atoms with Crippen LogP contribution in [-0.2, 0) is 16.0 Å². The first-order valence-electron chi connectivity index (χ1n) is 14.2. The fraction of sp³-hybridized carbons (Fsp3) is 0.333. The molecule has 0 aliphatic heterocycles. The molecule has 0 heterocycles. The molecule has 3 aromatic rings. The SMILES string of the molecule is CCCCCCCOc1ccc(C(=O)Oc2ccc(CC(NC(=O)c3cccc(NC(C)=O)c3)C(=O)O)cc2OC)cc1. The molecule has 0 fully saturated rings. The summed E-state index contributed by atoms with van der Waals surface area (Å²) >= 11 is 0. The highest BCUT2D eigenvalue weighted by molar-refractivity contribution is 5.98. The average Bonchev–Trinajstić information content (AvgIpc) is 2.99. The van der Waals surface area contributed by atoms with Gasteiger partial charge in [-0.25, -0.2) is 9.59 Å². The third-order valence-electron chi connectivity index (χ3n) is 6.53. The zero-order chi connectivity index (χ0) is 31.2. The summed E-state index contributed by atoms with van der Waals surface area (Å²) in [4.78, 5) is 48.8. The third kappa shape index (κ3) is 10.5. The highest BCUT2D eigenvalue weighted by atomic mass is 16.6. The zero-order valence-electron chi connectivity index (χ0n) is 24.7. The molecule has 0 aromatic heterocycles. The number of nitrogens with one attached hydrogen (secondary N) is 2. The molecular formula is C33H38N2O8. The topological polar surface area (TPSA) is 140 Å². The van der Waals surface area contributed by atoms with E-state index in [9.17, 15) is 24.3 Å². The number of methoxy groups -OCH3 is 1. The van der Waals surface area contributed by atoms with E-state index < -0.39 is 23.9 Å². The van der Waals surface area contributed by atoms with Crippen molar-refractivity contribution < 1.29 is 38.5 Å². The monoisotopic (exact) mass is 590 g/mol. The largest absolute Gasteiger partial charge is 0.494 e. The van der Waals surface area contributed by atoms with Crippen molar-refractivity contribution in [2.45, 2.75) is 58.4 Å². The lowest BCUT2D eigenvalue weighted by molar-refractivity contribution is -0.139. The van der Waals surface area contributed by atoms with Gasteiger partial charge in [-0.1, -0.05) is 44.7 Å². The number of carboxylic acids is 1. The first kappa shape index (κ1) is 32.7. The van der Waals surface area contributed by atoms with Gasteiger partial charge in [0.1, 0.15) is 11.8 Å². The van der Waals surface area contributed by atoms with Gasteiger partial charge in [0.2, 0.25) is 5.91 Å². The molecule has 1 unspecified atom stereocenters. The van der Waals surface area contributed by atoms with Crippen LogP contribution in [0.4, 0.5) is 5.69 Å². The Labute approximate surface area is 251 Å². The summed E-state index contributed by atoms with van der Waals surface area (Å²) < 4.78 is 16.7. The molecule has 0 saturated carbocycles. The van der Waals surface area contributed by atoms with Crippen LogP contribution in [0.5, 0.6) is 17.2 Å². The van der Waals surface area contributed by atoms with E-state index in [2.05, 4.69) is 17.6 Å². The van der Waals surface area contributed by atoms with Crippen LogP contribution in [0, 0.1) is 0 Å². The lowest BCUT2D eigenvalue weighted by Crippen LogP contribution is -2.42. The molecule has 0 aliphatic rings. The second kappa shape index (κ2) is 16.5. The van der Waals surface area contributed by atoms with Gasteiger partial charge in [0.25, 0.3) is 5.91 Å². The Balaban J connectivity index is 1.61. The maximum atomic E-state index is 12.8. The number of hydrogen-bond donors (Lipinski definition) is 3. The second-order valence-corrected chi connectivity index (χ2v) is 9.99. The van der Waals surface area contributed by atoms with Gasteiger partial charge < -0.3 is 30.0 Å². The Morgan fingerprint density at radius 2 is 1.60 bits per heavy atom. The van der Waals surface area contributed by atoms with Crippen molar-refractivity contribution >= 4 is 29.4 Å². The van der Waals surface area contributed by atoms with Crippen LogP contribution >= 0.6 is 0 Å². The van der Waals surface area contributed by atoms with Crippen molar-refractivity contribution in [2.24, 2.45) is 0 Å². The number of amides is 2. The van der Waals surface area contributed by atoms with Crippen molar-refractivity contribution in [3.05, 3.63) is 83.4 Å². The Bertz CT molecular complexity index is 1400. The van der Waals surface area contributed by atoms with E-state index in [1.807, 2.05) is 0 Å². The van der Waals surface area contributed by atoms with Crippen LogP contribution in [0.3, 0.4) is 0 Å². The van der Waals surface area contributed by atoms with Crippen LogP contribution in [-0.4, -0.2) is 48.6 Å². The van der Waals surface area contributed by atoms with E-state index in [0.29, 0.717) is 29.2 Å². The van der Waals surface area contributed by atoms with E-state index in [-0.39, 0.29) is 29.4 Å². The molecule has 10 heteroatoms. The van der Waals surface area contributed by atoms with E-state index in [1.165, 1.54) is 51.5 Å². The summed E-state index contributed by atoms with van der Waals surface area (Å²) in [6, 6.07) is 16.3. The number of carbonyl (C=O) groups is 4. The maximum Gasteiger partial charge on any atom is 0.343 e. The van der Waals surface area contributed by atoms with Gasteiger partial charge >= 0.3 is 11.9 Å². The van der Waals surface area contributed by atoms with Crippen molar-refractivity contribution in [1.82, 2.24) is 5.32 Å². The molecule has 10 nitrogen and oxygen atoms in total. The molecule has 43 heavy (non-hydrogen) atoms. The summed E-state index contributed by atoms with van der Waals surface area (Å²) in [7, 11) is 1.41. The molecule has 2 amide bonds. The van der Waals surface area contributed by atoms with E-state index >= 15 is 0 Å². The van der Waals surface area contributed by atoms with Crippen LogP contribution < -0.4 is 24.8 Å². The number of anilines is 1. The molecule has 3 N–H and O–H groups in total. The number of esters is 1. The number of rotatable bonds is 16. The first-order chi connectivity index (χ1) is 20.7. The van der Waals surface area contributed by atoms with Gasteiger partial charge in [0.05, 0.1) is 19.3 Å². The second-order valence-electron chi connectivity index (χ2n) is 9.99. The standard InChI is InChI=1S/C33H38N2O8/c1-4-5-6-7-8-18-42-27-15-13-24(14-16-27)33(40)43-29-17-12-23(20-30(29)41-3)19-28(32(38)39)35-31(37)25-10-9-11-26(21-25)34-22(2)36/h9-17,20-21,28H,4-8,18-19H2,1-3H3,(H,34,36)(H,35,37)(H,38,39). The van der Waals surface area contributed by atoms with E-state index in [4.69, 9.17) is 14.2 Å². The number of hydrogen-bond acceptors (Lipinski definition) is 7. The summed E-state index contributed by atoms with van der Waals surface area (Å²) in [6.07, 6.45) is 5.66. The van der Waals surface area contributed by atoms with Crippen molar-refractivity contribution in [1.29, 1.82) is 0 Å². The minimum absolute atomic E-state index is 0.0584. The van der Waals surface area contributed by atoms with Crippen molar-refractivity contribution in [3.8, 4) is 17.2 Å². The summed E-state index contributed by atoms with van der Waals surface area (Å²) in [5.41, 5.74) is 1.48. The Morgan fingerprint density at radius 3 is 2.28 bits per heavy atom. The van der Waals surface area contributed by atoms with E-state index in [1.54, 1.807) is 48.5 Å². The van der Waals surface area contributed by atoms with Gasteiger partial charge in [0, 0.05) is 24.6 Å². The molecule has 3 aromatic carbocycles. The van der Waals surface area contributed by atoms with Gasteiger partial charge in [-0.3, -0.25) is 9.59 Å². The van der Waals surface area contributed by atoms with Gasteiger partial charge in [-0.05, 0) is 66.6 Å². The smallest absolute Gasteiger partial charge is 0.343 e. The van der Waals surface area contributed by atoms with Crippen LogP contribution in [0.1, 0.15) is 72.2 Å². The summed E-state index contributed by atoms with van der Waals surface area (Å²) in [6.45, 7) is 4.14. The highest BCUT2D eigenvalue weighted by Gasteiger charge is 2.23. The molecule has 0 spiro atoms. The predicted octanol–water partition coefficient (Wildman–Crippen LogP) is 5.65. The first-order valence-corrected chi connectivity index (χ1v) is 14.2. The summed E-state index contributed by atoms with van der Waals surface area (Å²) in [5.74, 6) is -1.66. The fourth-order valence-electron chi connectivity index (χ4n) is 4.28. The Kier molecular flexibility index (Phi) is 12.6. The van der Waals surface area contributed by atoms with Crippen LogP contribution in [0.25, 0.3) is 0 Å². The molecule has 0 radical (unpaired) electrons. The van der Waals surface area contributed by atoms with Crippen molar-refractivity contribution in [2.75, 3.05) is 19.0 Å². The normalized spacial score (nSPS) is 11.2. The highest BCUT2D eigenvalue weighted by Crippen LogP contribution is 2.29. The van der Waals surface area contributed by atoms with Gasteiger partial charge in [-0.2, -0.15) is 0 Å². The van der Waals surface area contributed by atoms with Gasteiger partial charge in [0.15, 0.2) is 11.5 Å². The molecule has 3 rings (SSSR count).